The molecule has 0 radical (unpaired) electrons. The van der Waals surface area contributed by atoms with Crippen LogP contribution in [0.3, 0.4) is 0 Å². The summed E-state index contributed by atoms with van der Waals surface area (Å²) in [5.74, 6) is 0.942. The first kappa shape index (κ1) is 22.6. The minimum absolute atomic E-state index is 0.0162. The van der Waals surface area contributed by atoms with E-state index >= 15 is 0 Å². The third kappa shape index (κ3) is 4.74. The number of halogens is 1. The number of thiophene rings is 1. The number of hydrogen-bond acceptors (Lipinski definition) is 9. The topological polar surface area (TPSA) is 131 Å². The Morgan fingerprint density at radius 1 is 1.31 bits per heavy atom. The molecular weight excluding hydrogens is 474 g/mol. The van der Waals surface area contributed by atoms with Crippen LogP contribution in [0.2, 0.25) is 4.34 Å². The molecule has 3 aromatic rings. The van der Waals surface area contributed by atoms with Crippen LogP contribution in [0.5, 0.6) is 0 Å². The van der Waals surface area contributed by atoms with Crippen LogP contribution in [-0.2, 0) is 21.2 Å². The molecule has 1 aliphatic heterocycles. The molecule has 1 saturated heterocycles. The number of hydrogen-bond donors (Lipinski definition) is 2. The van der Waals surface area contributed by atoms with Crippen molar-refractivity contribution in [2.75, 3.05) is 23.7 Å². The van der Waals surface area contributed by atoms with E-state index in [1.54, 1.807) is 18.5 Å². The zero-order valence-electron chi connectivity index (χ0n) is 17.2. The summed E-state index contributed by atoms with van der Waals surface area (Å²) in [5, 5.41) is 0. The lowest BCUT2D eigenvalue weighted by Crippen LogP contribution is -2.42. The second-order valence-electron chi connectivity index (χ2n) is 7.41. The first-order valence-corrected chi connectivity index (χ1v) is 12.7. The summed E-state index contributed by atoms with van der Waals surface area (Å²) in [4.78, 5) is 23.3. The van der Waals surface area contributed by atoms with Crippen LogP contribution in [0.4, 0.5) is 11.5 Å². The smallest absolute Gasteiger partial charge is 0.273 e. The lowest BCUT2D eigenvalue weighted by atomic mass is 9.96. The van der Waals surface area contributed by atoms with E-state index in [-0.39, 0.29) is 4.21 Å². The number of amides is 1. The summed E-state index contributed by atoms with van der Waals surface area (Å²) in [6.07, 6.45) is 5.06. The number of nitrogens with two attached hydrogens (primary N) is 1. The van der Waals surface area contributed by atoms with Crippen LogP contribution < -0.4 is 15.4 Å². The summed E-state index contributed by atoms with van der Waals surface area (Å²) >= 11 is 6.71. The van der Waals surface area contributed by atoms with E-state index in [4.69, 9.17) is 21.8 Å². The number of nitrogens with one attached hydrogen (secondary N) is 1. The molecule has 0 aliphatic carbocycles. The van der Waals surface area contributed by atoms with E-state index in [1.165, 1.54) is 12.1 Å². The van der Waals surface area contributed by atoms with Crippen LogP contribution in [0.25, 0.3) is 11.5 Å². The summed E-state index contributed by atoms with van der Waals surface area (Å²) in [7, 11) is -3.92. The van der Waals surface area contributed by atoms with Gasteiger partial charge in [-0.15, -0.1) is 11.3 Å². The molecule has 9 nitrogen and oxygen atoms in total. The van der Waals surface area contributed by atoms with Crippen molar-refractivity contribution in [3.63, 3.8) is 0 Å². The van der Waals surface area contributed by atoms with E-state index in [1.807, 2.05) is 11.8 Å². The molecule has 1 amide bonds. The Morgan fingerprint density at radius 3 is 2.66 bits per heavy atom. The zero-order valence-corrected chi connectivity index (χ0v) is 19.6. The third-order valence-electron chi connectivity index (χ3n) is 5.26. The third-order valence-corrected chi connectivity index (χ3v) is 8.33. The molecule has 0 aromatic carbocycles. The number of rotatable bonds is 6. The molecule has 0 atom stereocenters. The molecule has 170 valence electrons. The average molecular weight is 496 g/mol. The minimum atomic E-state index is -3.92. The summed E-state index contributed by atoms with van der Waals surface area (Å²) in [6.45, 7) is 3.04. The summed E-state index contributed by atoms with van der Waals surface area (Å²) in [6, 6.07) is 4.63. The quantitative estimate of drug-likeness (QED) is 0.532. The Kier molecular flexibility index (Phi) is 6.40. The van der Waals surface area contributed by atoms with Crippen molar-refractivity contribution in [1.82, 2.24) is 14.7 Å². The van der Waals surface area contributed by atoms with Crippen molar-refractivity contribution in [3.05, 3.63) is 40.7 Å². The van der Waals surface area contributed by atoms with Crippen LogP contribution in [0.1, 0.15) is 25.5 Å². The molecule has 1 aliphatic rings. The van der Waals surface area contributed by atoms with Gasteiger partial charge in [-0.1, -0.05) is 18.5 Å². The predicted octanol–water partition coefficient (Wildman–Crippen LogP) is 3.32. The standard InChI is InChI=1S/C20H22ClN5O4S2/c1-2-14-11-24-20(30-14)13-9-15(22)18(23-10-13)26-7-5-12(6-8-26)19(27)25-32(28,29)17-4-3-16(21)31-17/h3-4,9-12H,2,5-8,22H2,1H3,(H,25,27). The molecule has 4 rings (SSSR count). The Labute approximate surface area is 194 Å². The van der Waals surface area contributed by atoms with E-state index in [0.29, 0.717) is 53.2 Å². The van der Waals surface area contributed by atoms with Gasteiger partial charge in [0.2, 0.25) is 11.8 Å². The van der Waals surface area contributed by atoms with Gasteiger partial charge in [0.05, 0.1) is 21.8 Å². The van der Waals surface area contributed by atoms with Crippen molar-refractivity contribution in [1.29, 1.82) is 0 Å². The number of aryl methyl sites for hydroxylation is 1. The molecule has 12 heteroatoms. The number of piperidine rings is 1. The Hall–Kier alpha value is -2.63. The number of nitrogen functional groups attached to an aromatic ring is 1. The molecule has 3 aromatic heterocycles. The fourth-order valence-electron chi connectivity index (χ4n) is 3.52. The highest BCUT2D eigenvalue weighted by molar-refractivity contribution is 7.92. The number of oxazole rings is 1. The highest BCUT2D eigenvalue weighted by Crippen LogP contribution is 2.30. The van der Waals surface area contributed by atoms with Gasteiger partial charge in [0.15, 0.2) is 5.82 Å². The van der Waals surface area contributed by atoms with Gasteiger partial charge in [-0.2, -0.15) is 0 Å². The number of sulfonamides is 1. The van der Waals surface area contributed by atoms with E-state index in [9.17, 15) is 13.2 Å². The van der Waals surface area contributed by atoms with Gasteiger partial charge in [0.25, 0.3) is 10.0 Å². The first-order valence-electron chi connectivity index (χ1n) is 10.0. The minimum Gasteiger partial charge on any atom is -0.441 e. The van der Waals surface area contributed by atoms with Gasteiger partial charge in [0.1, 0.15) is 9.97 Å². The van der Waals surface area contributed by atoms with Gasteiger partial charge in [0, 0.05) is 31.6 Å². The predicted molar refractivity (Wildman–Crippen MR) is 123 cm³/mol. The SMILES string of the molecule is CCc1cnc(-c2cnc(N3CCC(C(=O)NS(=O)(=O)c4ccc(Cl)s4)CC3)c(N)c2)o1. The van der Waals surface area contributed by atoms with Crippen molar-refractivity contribution < 1.29 is 17.6 Å². The van der Waals surface area contributed by atoms with Crippen molar-refractivity contribution in [2.45, 2.75) is 30.4 Å². The fourth-order valence-corrected chi connectivity index (χ4v) is 6.05. The second-order valence-corrected chi connectivity index (χ2v) is 11.0. The molecule has 1 fully saturated rings. The van der Waals surface area contributed by atoms with Gasteiger partial charge in [-0.25, -0.2) is 23.1 Å². The molecule has 0 unspecified atom stereocenters. The number of anilines is 2. The van der Waals surface area contributed by atoms with Crippen molar-refractivity contribution in [2.24, 2.45) is 5.92 Å². The molecule has 4 heterocycles. The maximum atomic E-state index is 12.5. The second kappa shape index (κ2) is 9.08. The normalized spacial score (nSPS) is 15.1. The van der Waals surface area contributed by atoms with Gasteiger partial charge < -0.3 is 15.1 Å². The number of pyridine rings is 1. The highest BCUT2D eigenvalue weighted by atomic mass is 35.5. The highest BCUT2D eigenvalue weighted by Gasteiger charge is 2.30. The van der Waals surface area contributed by atoms with Gasteiger partial charge in [-0.05, 0) is 31.0 Å². The molecule has 3 N–H and O–H groups in total. The molecule has 0 saturated carbocycles. The first-order chi connectivity index (χ1) is 15.3. The van der Waals surface area contributed by atoms with Crippen molar-refractivity contribution in [3.8, 4) is 11.5 Å². The molecule has 0 bridgehead atoms. The average Bonchev–Trinajstić information content (AvgIpc) is 3.43. The lowest BCUT2D eigenvalue weighted by molar-refractivity contribution is -0.123. The molecular formula is C20H22ClN5O4S2. The Bertz CT molecular complexity index is 1230. The fraction of sp³-hybridized carbons (Fsp3) is 0.350. The van der Waals surface area contributed by atoms with Crippen molar-refractivity contribution >= 4 is 50.4 Å². The number of nitrogens with zero attached hydrogens (tertiary/aromatic N) is 3. The number of carbonyl (C=O) groups is 1. The van der Waals surface area contributed by atoms with Crippen LogP contribution in [0.15, 0.2) is 39.2 Å². The molecule has 0 spiro atoms. The Morgan fingerprint density at radius 2 is 2.06 bits per heavy atom. The molecule has 32 heavy (non-hydrogen) atoms. The van der Waals surface area contributed by atoms with Crippen LogP contribution in [0, 0.1) is 5.92 Å². The van der Waals surface area contributed by atoms with Gasteiger partial charge in [-0.3, -0.25) is 4.79 Å². The lowest BCUT2D eigenvalue weighted by Gasteiger charge is -2.32. The van der Waals surface area contributed by atoms with E-state index in [2.05, 4.69) is 14.7 Å². The Balaban J connectivity index is 1.38. The monoisotopic (exact) mass is 495 g/mol. The largest absolute Gasteiger partial charge is 0.441 e. The zero-order chi connectivity index (χ0) is 22.9. The van der Waals surface area contributed by atoms with Crippen LogP contribution in [-0.4, -0.2) is 37.4 Å². The maximum Gasteiger partial charge on any atom is 0.273 e. The van der Waals surface area contributed by atoms with E-state index < -0.39 is 21.8 Å². The number of aromatic nitrogens is 2. The van der Waals surface area contributed by atoms with E-state index in [0.717, 1.165) is 23.5 Å². The summed E-state index contributed by atoms with van der Waals surface area (Å²) < 4.78 is 32.9. The van der Waals surface area contributed by atoms with Crippen LogP contribution >= 0.6 is 22.9 Å². The summed E-state index contributed by atoms with van der Waals surface area (Å²) in [5.41, 5.74) is 7.41. The maximum absolute atomic E-state index is 12.5. The van der Waals surface area contributed by atoms with Gasteiger partial charge >= 0.3 is 0 Å². The number of carbonyl (C=O) groups excluding carboxylic acids is 1.